The van der Waals surface area contributed by atoms with Gasteiger partial charge in [-0.25, -0.2) is 4.79 Å². The van der Waals surface area contributed by atoms with Gasteiger partial charge in [0.05, 0.1) is 27.0 Å². The fraction of sp³-hybridized carbons (Fsp3) is 0.619. The van der Waals surface area contributed by atoms with Crippen LogP contribution in [-0.4, -0.2) is 57.3 Å². The van der Waals surface area contributed by atoms with Gasteiger partial charge in [-0.3, -0.25) is 4.79 Å². The Kier molecular flexibility index (Phi) is 8.42. The molecule has 0 bridgehead atoms. The largest absolute Gasteiger partial charge is 0.493 e. The summed E-state index contributed by atoms with van der Waals surface area (Å²) in [5.41, 5.74) is 0.569. The summed E-state index contributed by atoms with van der Waals surface area (Å²) < 4.78 is 16.0. The van der Waals surface area contributed by atoms with Crippen LogP contribution >= 0.6 is 0 Å². The number of nitrogens with zero attached hydrogens (tertiary/aromatic N) is 1. The van der Waals surface area contributed by atoms with Crippen molar-refractivity contribution in [1.82, 2.24) is 10.2 Å². The fourth-order valence-electron chi connectivity index (χ4n) is 3.39. The zero-order valence-corrected chi connectivity index (χ0v) is 18.0. The summed E-state index contributed by atoms with van der Waals surface area (Å²) in [6.07, 6.45) is 3.07. The molecule has 0 unspecified atom stereocenters. The molecule has 162 valence electrons. The predicted octanol–water partition coefficient (Wildman–Crippen LogP) is 3.26. The maximum Gasteiger partial charge on any atom is 0.321 e. The van der Waals surface area contributed by atoms with Gasteiger partial charge in [0.15, 0.2) is 11.5 Å². The number of hydrogen-bond donors (Lipinski definition) is 2. The molecule has 0 spiro atoms. The number of carbonyl (C=O) groups excluding carboxylic acids is 2. The Morgan fingerprint density at radius 2 is 1.69 bits per heavy atom. The first kappa shape index (κ1) is 22.6. The van der Waals surface area contributed by atoms with Crippen LogP contribution in [0.4, 0.5) is 10.5 Å². The van der Waals surface area contributed by atoms with Crippen LogP contribution in [-0.2, 0) is 4.79 Å². The SMILES string of the molecule is CC[C@H](C)NC(=O)CC1CCN(C(=O)Nc2cc(OC)c(OC)c(OC)c2)CC1. The summed E-state index contributed by atoms with van der Waals surface area (Å²) >= 11 is 0. The molecule has 0 aliphatic carbocycles. The summed E-state index contributed by atoms with van der Waals surface area (Å²) in [5.74, 6) is 1.84. The van der Waals surface area contributed by atoms with Gasteiger partial charge < -0.3 is 29.7 Å². The number of urea groups is 1. The molecule has 0 radical (unpaired) electrons. The number of ether oxygens (including phenoxy) is 3. The summed E-state index contributed by atoms with van der Waals surface area (Å²) in [6, 6.07) is 3.42. The lowest BCUT2D eigenvalue weighted by Crippen LogP contribution is -2.42. The monoisotopic (exact) mass is 407 g/mol. The summed E-state index contributed by atoms with van der Waals surface area (Å²) in [6.45, 7) is 5.30. The lowest BCUT2D eigenvalue weighted by atomic mass is 9.93. The Labute approximate surface area is 172 Å². The number of piperidine rings is 1. The van der Waals surface area contributed by atoms with Gasteiger partial charge >= 0.3 is 6.03 Å². The lowest BCUT2D eigenvalue weighted by molar-refractivity contribution is -0.122. The van der Waals surface area contributed by atoms with Gasteiger partial charge in [-0.15, -0.1) is 0 Å². The second-order valence-electron chi connectivity index (χ2n) is 7.36. The maximum atomic E-state index is 12.7. The van der Waals surface area contributed by atoms with Crippen LogP contribution in [0.2, 0.25) is 0 Å². The number of carbonyl (C=O) groups is 2. The van der Waals surface area contributed by atoms with E-state index in [4.69, 9.17) is 14.2 Å². The first-order valence-corrected chi connectivity index (χ1v) is 10.1. The lowest BCUT2D eigenvalue weighted by Gasteiger charge is -2.32. The smallest absolute Gasteiger partial charge is 0.321 e. The number of hydrogen-bond acceptors (Lipinski definition) is 5. The minimum Gasteiger partial charge on any atom is -0.493 e. The molecule has 1 aliphatic rings. The Morgan fingerprint density at radius 1 is 1.10 bits per heavy atom. The van der Waals surface area contributed by atoms with Crippen molar-refractivity contribution in [2.24, 2.45) is 5.92 Å². The third kappa shape index (κ3) is 6.17. The van der Waals surface area contributed by atoms with Crippen molar-refractivity contribution in [2.75, 3.05) is 39.7 Å². The highest BCUT2D eigenvalue weighted by molar-refractivity contribution is 5.90. The molecule has 2 N–H and O–H groups in total. The van der Waals surface area contributed by atoms with Gasteiger partial charge in [0, 0.05) is 37.7 Å². The molecule has 1 atom stereocenters. The van der Waals surface area contributed by atoms with E-state index in [2.05, 4.69) is 17.6 Å². The van der Waals surface area contributed by atoms with Crippen LogP contribution in [0, 0.1) is 5.92 Å². The van der Waals surface area contributed by atoms with Gasteiger partial charge in [0.25, 0.3) is 0 Å². The first-order valence-electron chi connectivity index (χ1n) is 10.1. The molecular weight excluding hydrogens is 374 g/mol. The van der Waals surface area contributed by atoms with Gasteiger partial charge in [0.2, 0.25) is 11.7 Å². The van der Waals surface area contributed by atoms with Crippen molar-refractivity contribution in [3.05, 3.63) is 12.1 Å². The molecule has 29 heavy (non-hydrogen) atoms. The van der Waals surface area contributed by atoms with E-state index in [-0.39, 0.29) is 18.0 Å². The highest BCUT2D eigenvalue weighted by Crippen LogP contribution is 2.40. The molecule has 3 amide bonds. The van der Waals surface area contributed by atoms with E-state index in [1.165, 1.54) is 21.3 Å². The quantitative estimate of drug-likeness (QED) is 0.690. The number of likely N-dealkylation sites (tertiary alicyclic amines) is 1. The molecule has 1 aromatic carbocycles. The molecule has 8 nitrogen and oxygen atoms in total. The van der Waals surface area contributed by atoms with Crippen LogP contribution in [0.1, 0.15) is 39.5 Å². The van der Waals surface area contributed by atoms with E-state index in [9.17, 15) is 9.59 Å². The van der Waals surface area contributed by atoms with Gasteiger partial charge in [0.1, 0.15) is 0 Å². The van der Waals surface area contributed by atoms with E-state index in [1.807, 2.05) is 6.92 Å². The second-order valence-corrected chi connectivity index (χ2v) is 7.36. The number of anilines is 1. The Hall–Kier alpha value is -2.64. The van der Waals surface area contributed by atoms with Crippen molar-refractivity contribution in [2.45, 2.75) is 45.6 Å². The molecule has 1 heterocycles. The molecule has 8 heteroatoms. The molecule has 1 saturated heterocycles. The Balaban J connectivity index is 1.91. The summed E-state index contributed by atoms with van der Waals surface area (Å²) in [7, 11) is 4.60. The average molecular weight is 408 g/mol. The highest BCUT2D eigenvalue weighted by Gasteiger charge is 2.25. The maximum absolute atomic E-state index is 12.7. The van der Waals surface area contributed by atoms with Crippen LogP contribution in [0.3, 0.4) is 0 Å². The minimum atomic E-state index is -0.179. The summed E-state index contributed by atoms with van der Waals surface area (Å²) in [5, 5.41) is 5.90. The molecule has 2 rings (SSSR count). The highest BCUT2D eigenvalue weighted by atomic mass is 16.5. The normalized spacial score (nSPS) is 15.4. The van der Waals surface area contributed by atoms with Crippen LogP contribution < -0.4 is 24.8 Å². The van der Waals surface area contributed by atoms with Crippen LogP contribution in [0.15, 0.2) is 12.1 Å². The van der Waals surface area contributed by atoms with Gasteiger partial charge in [-0.1, -0.05) is 6.92 Å². The van der Waals surface area contributed by atoms with E-state index >= 15 is 0 Å². The van der Waals surface area contributed by atoms with Gasteiger partial charge in [-0.05, 0) is 32.1 Å². The molecular formula is C21H33N3O5. The van der Waals surface area contributed by atoms with E-state index < -0.39 is 0 Å². The second kappa shape index (κ2) is 10.8. The minimum absolute atomic E-state index is 0.0969. The number of benzene rings is 1. The van der Waals surface area contributed by atoms with Gasteiger partial charge in [-0.2, -0.15) is 0 Å². The fourth-order valence-corrected chi connectivity index (χ4v) is 3.39. The molecule has 1 aliphatic heterocycles. The summed E-state index contributed by atoms with van der Waals surface area (Å²) in [4.78, 5) is 26.5. The van der Waals surface area contributed by atoms with Crippen molar-refractivity contribution >= 4 is 17.6 Å². The third-order valence-electron chi connectivity index (χ3n) is 5.31. The standard InChI is InChI=1S/C21H33N3O5/c1-6-14(2)22-19(25)11-15-7-9-24(10-8-15)21(26)23-16-12-17(27-3)20(29-5)18(13-16)28-4/h12-15H,6-11H2,1-5H3,(H,22,25)(H,23,26)/t14-/m0/s1. The van der Waals surface area contributed by atoms with E-state index in [0.717, 1.165) is 19.3 Å². The van der Waals surface area contributed by atoms with Crippen molar-refractivity contribution in [1.29, 1.82) is 0 Å². The third-order valence-corrected chi connectivity index (χ3v) is 5.31. The van der Waals surface area contributed by atoms with Crippen molar-refractivity contribution in [3.8, 4) is 17.2 Å². The number of rotatable bonds is 8. The van der Waals surface area contributed by atoms with Crippen LogP contribution in [0.5, 0.6) is 17.2 Å². The number of methoxy groups -OCH3 is 3. The van der Waals surface area contributed by atoms with Crippen LogP contribution in [0.25, 0.3) is 0 Å². The molecule has 0 saturated carbocycles. The van der Waals surface area contributed by atoms with E-state index in [1.54, 1.807) is 17.0 Å². The average Bonchev–Trinajstić information content (AvgIpc) is 2.73. The number of nitrogens with one attached hydrogen (secondary N) is 2. The van der Waals surface area contributed by atoms with E-state index in [0.29, 0.717) is 48.4 Å². The first-order chi connectivity index (χ1) is 13.9. The van der Waals surface area contributed by atoms with Crippen molar-refractivity contribution < 1.29 is 23.8 Å². The van der Waals surface area contributed by atoms with Crippen molar-refractivity contribution in [3.63, 3.8) is 0 Å². The topological polar surface area (TPSA) is 89.1 Å². The predicted molar refractivity (Wildman–Crippen MR) is 112 cm³/mol. The molecule has 1 fully saturated rings. The zero-order chi connectivity index (χ0) is 21.4. The number of amides is 3. The Morgan fingerprint density at radius 3 is 2.17 bits per heavy atom. The molecule has 1 aromatic rings. The Bertz CT molecular complexity index is 677. The zero-order valence-electron chi connectivity index (χ0n) is 18.0. The molecule has 0 aromatic heterocycles.